The third-order valence-electron chi connectivity index (χ3n) is 2.27. The van der Waals surface area contributed by atoms with Gasteiger partial charge in [-0.3, -0.25) is 0 Å². The highest BCUT2D eigenvalue weighted by molar-refractivity contribution is 5.66. The normalized spacial score (nSPS) is 9.63. The van der Waals surface area contributed by atoms with Crippen LogP contribution in [0.3, 0.4) is 0 Å². The smallest absolute Gasteiger partial charge is 0.407 e. The van der Waals surface area contributed by atoms with E-state index in [4.69, 9.17) is 18.9 Å². The predicted octanol–water partition coefficient (Wildman–Crippen LogP) is 1.83. The molecule has 1 aromatic carbocycles. The zero-order valence-electron chi connectivity index (χ0n) is 11.4. The fourth-order valence-corrected chi connectivity index (χ4v) is 1.47. The molecule has 1 amide bonds. The van der Waals surface area contributed by atoms with Crippen LogP contribution >= 0.6 is 0 Å². The summed E-state index contributed by atoms with van der Waals surface area (Å²) in [5, 5.41) is 2.56. The van der Waals surface area contributed by atoms with E-state index < -0.39 is 6.09 Å². The summed E-state index contributed by atoms with van der Waals surface area (Å²) in [4.78, 5) is 11.0. The van der Waals surface area contributed by atoms with E-state index in [-0.39, 0.29) is 0 Å². The molecule has 0 aliphatic carbocycles. The van der Waals surface area contributed by atoms with Crippen LogP contribution < -0.4 is 19.5 Å². The number of methoxy groups -OCH3 is 2. The fraction of sp³-hybridized carbons (Fsp3) is 0.462. The number of amides is 1. The Morgan fingerprint density at radius 2 is 1.95 bits per heavy atom. The molecule has 1 N–H and O–H groups in total. The SMILES string of the molecule is CCOC(=O)NCCOc1cccc(OC)c1OC. The summed E-state index contributed by atoms with van der Waals surface area (Å²) in [6.07, 6.45) is -0.455. The number of hydrogen-bond donors (Lipinski definition) is 1. The minimum Gasteiger partial charge on any atom is -0.493 e. The average Bonchev–Trinajstić information content (AvgIpc) is 2.43. The largest absolute Gasteiger partial charge is 0.493 e. The lowest BCUT2D eigenvalue weighted by Gasteiger charge is -2.13. The van der Waals surface area contributed by atoms with Gasteiger partial charge in [0.05, 0.1) is 27.4 Å². The summed E-state index contributed by atoms with van der Waals surface area (Å²) in [5.74, 6) is 1.69. The molecule has 0 saturated carbocycles. The predicted molar refractivity (Wildman–Crippen MR) is 70.1 cm³/mol. The molecule has 0 aromatic heterocycles. The maximum Gasteiger partial charge on any atom is 0.407 e. The molecular weight excluding hydrogens is 250 g/mol. The van der Waals surface area contributed by atoms with E-state index in [2.05, 4.69) is 5.32 Å². The van der Waals surface area contributed by atoms with Gasteiger partial charge in [0, 0.05) is 0 Å². The van der Waals surface area contributed by atoms with Crippen LogP contribution in [0, 0.1) is 0 Å². The quantitative estimate of drug-likeness (QED) is 0.765. The second-order valence-corrected chi connectivity index (χ2v) is 3.49. The molecule has 0 radical (unpaired) electrons. The Bertz CT molecular complexity index is 408. The van der Waals surface area contributed by atoms with Gasteiger partial charge in [0.2, 0.25) is 5.75 Å². The van der Waals surface area contributed by atoms with Crippen molar-refractivity contribution in [3.8, 4) is 17.2 Å². The minimum absolute atomic E-state index is 0.308. The Morgan fingerprint density at radius 1 is 1.21 bits per heavy atom. The second-order valence-electron chi connectivity index (χ2n) is 3.49. The van der Waals surface area contributed by atoms with Crippen LogP contribution in [0.2, 0.25) is 0 Å². The van der Waals surface area contributed by atoms with Crippen LogP contribution in [0.15, 0.2) is 18.2 Å². The number of rotatable bonds is 7. The number of benzene rings is 1. The Morgan fingerprint density at radius 3 is 2.58 bits per heavy atom. The van der Waals surface area contributed by atoms with Crippen LogP contribution in [-0.4, -0.2) is 40.1 Å². The van der Waals surface area contributed by atoms with Gasteiger partial charge in [-0.1, -0.05) is 6.07 Å². The van der Waals surface area contributed by atoms with Gasteiger partial charge in [-0.25, -0.2) is 4.79 Å². The number of nitrogens with one attached hydrogen (secondary N) is 1. The highest BCUT2D eigenvalue weighted by Gasteiger charge is 2.10. The summed E-state index contributed by atoms with van der Waals surface area (Å²) >= 11 is 0. The molecule has 6 nitrogen and oxygen atoms in total. The van der Waals surface area contributed by atoms with Crippen molar-refractivity contribution in [1.29, 1.82) is 0 Å². The third kappa shape index (κ3) is 4.57. The molecule has 0 fully saturated rings. The summed E-state index contributed by atoms with van der Waals surface area (Å²) in [7, 11) is 3.10. The van der Waals surface area contributed by atoms with Crippen molar-refractivity contribution in [3.63, 3.8) is 0 Å². The molecule has 0 aliphatic rings. The minimum atomic E-state index is -0.455. The topological polar surface area (TPSA) is 66.0 Å². The number of carbonyl (C=O) groups is 1. The van der Waals surface area contributed by atoms with Crippen molar-refractivity contribution in [2.24, 2.45) is 0 Å². The molecule has 6 heteroatoms. The lowest BCUT2D eigenvalue weighted by Crippen LogP contribution is -2.28. The molecule has 1 aromatic rings. The van der Waals surface area contributed by atoms with E-state index in [9.17, 15) is 4.79 Å². The van der Waals surface area contributed by atoms with Gasteiger partial charge in [-0.15, -0.1) is 0 Å². The molecule has 19 heavy (non-hydrogen) atoms. The zero-order chi connectivity index (χ0) is 14.1. The first-order valence-corrected chi connectivity index (χ1v) is 5.97. The Labute approximate surface area is 112 Å². The van der Waals surface area contributed by atoms with Gasteiger partial charge in [0.25, 0.3) is 0 Å². The van der Waals surface area contributed by atoms with Crippen molar-refractivity contribution in [3.05, 3.63) is 18.2 Å². The van der Waals surface area contributed by atoms with Crippen LogP contribution in [0.25, 0.3) is 0 Å². The molecule has 1 rings (SSSR count). The number of ether oxygens (including phenoxy) is 4. The molecule has 0 heterocycles. The van der Waals surface area contributed by atoms with Crippen LogP contribution in [-0.2, 0) is 4.74 Å². The molecule has 0 bridgehead atoms. The summed E-state index contributed by atoms with van der Waals surface area (Å²) in [6.45, 7) is 2.75. The van der Waals surface area contributed by atoms with Crippen LogP contribution in [0.5, 0.6) is 17.2 Å². The average molecular weight is 269 g/mol. The van der Waals surface area contributed by atoms with Crippen LogP contribution in [0.4, 0.5) is 4.79 Å². The van der Waals surface area contributed by atoms with Gasteiger partial charge < -0.3 is 24.3 Å². The first-order valence-electron chi connectivity index (χ1n) is 5.97. The van der Waals surface area contributed by atoms with Crippen molar-refractivity contribution in [2.45, 2.75) is 6.92 Å². The van der Waals surface area contributed by atoms with Crippen molar-refractivity contribution >= 4 is 6.09 Å². The molecule has 0 spiro atoms. The monoisotopic (exact) mass is 269 g/mol. The third-order valence-corrected chi connectivity index (χ3v) is 2.27. The number of alkyl carbamates (subject to hydrolysis) is 1. The first kappa shape index (κ1) is 14.9. The maximum absolute atomic E-state index is 11.0. The lowest BCUT2D eigenvalue weighted by atomic mass is 10.3. The Hall–Kier alpha value is -2.11. The van der Waals surface area contributed by atoms with Gasteiger partial charge in [0.15, 0.2) is 11.5 Å². The fourth-order valence-electron chi connectivity index (χ4n) is 1.47. The van der Waals surface area contributed by atoms with E-state index in [1.807, 2.05) is 0 Å². The molecule has 0 atom stereocenters. The standard InChI is InChI=1S/C13H19NO5/c1-4-18-13(15)14-8-9-19-11-7-5-6-10(16-2)12(11)17-3/h5-7H,4,8-9H2,1-3H3,(H,14,15). The van der Waals surface area contributed by atoms with Gasteiger partial charge >= 0.3 is 6.09 Å². The number of hydrogen-bond acceptors (Lipinski definition) is 5. The number of para-hydroxylation sites is 1. The highest BCUT2D eigenvalue weighted by Crippen LogP contribution is 2.36. The molecule has 0 saturated heterocycles. The van der Waals surface area contributed by atoms with Crippen molar-refractivity contribution in [2.75, 3.05) is 34.0 Å². The molecule has 106 valence electrons. The van der Waals surface area contributed by atoms with Crippen molar-refractivity contribution in [1.82, 2.24) is 5.32 Å². The zero-order valence-corrected chi connectivity index (χ0v) is 11.4. The van der Waals surface area contributed by atoms with Gasteiger partial charge in [0.1, 0.15) is 6.61 Å². The maximum atomic E-state index is 11.0. The van der Waals surface area contributed by atoms with Gasteiger partial charge in [-0.2, -0.15) is 0 Å². The van der Waals surface area contributed by atoms with Gasteiger partial charge in [-0.05, 0) is 19.1 Å². The highest BCUT2D eigenvalue weighted by atomic mass is 16.6. The Kier molecular flexibility index (Phi) is 6.35. The lowest BCUT2D eigenvalue weighted by molar-refractivity contribution is 0.150. The van der Waals surface area contributed by atoms with E-state index in [1.165, 1.54) is 0 Å². The summed E-state index contributed by atoms with van der Waals surface area (Å²) < 4.78 is 20.6. The van der Waals surface area contributed by atoms with Crippen molar-refractivity contribution < 1.29 is 23.7 Å². The second kappa shape index (κ2) is 8.07. The molecule has 0 aliphatic heterocycles. The summed E-state index contributed by atoms with van der Waals surface area (Å²) in [5.41, 5.74) is 0. The molecular formula is C13H19NO5. The van der Waals surface area contributed by atoms with E-state index in [0.717, 1.165) is 0 Å². The Balaban J connectivity index is 2.47. The van der Waals surface area contributed by atoms with E-state index in [0.29, 0.717) is 37.0 Å². The first-order chi connectivity index (χ1) is 9.22. The molecule has 0 unspecified atom stereocenters. The van der Waals surface area contributed by atoms with E-state index >= 15 is 0 Å². The van der Waals surface area contributed by atoms with E-state index in [1.54, 1.807) is 39.3 Å². The van der Waals surface area contributed by atoms with Crippen LogP contribution in [0.1, 0.15) is 6.92 Å². The number of carbonyl (C=O) groups excluding carboxylic acids is 1. The summed E-state index contributed by atoms with van der Waals surface area (Å²) in [6, 6.07) is 5.35.